The summed E-state index contributed by atoms with van der Waals surface area (Å²) in [5, 5.41) is 8.01. The minimum atomic E-state index is 0.798. The van der Waals surface area contributed by atoms with Crippen molar-refractivity contribution in [1.29, 1.82) is 0 Å². The summed E-state index contributed by atoms with van der Waals surface area (Å²) in [6.45, 7) is 3.49. The van der Waals surface area contributed by atoms with E-state index in [-0.39, 0.29) is 0 Å². The highest BCUT2D eigenvalue weighted by Crippen LogP contribution is 2.31. The molecule has 0 saturated carbocycles. The monoisotopic (exact) mass is 345 g/mol. The molecule has 0 bridgehead atoms. The summed E-state index contributed by atoms with van der Waals surface area (Å²) in [6.07, 6.45) is 7.62. The van der Waals surface area contributed by atoms with Crippen LogP contribution in [0.4, 0.5) is 5.69 Å². The number of pyridine rings is 1. The summed E-state index contributed by atoms with van der Waals surface area (Å²) >= 11 is 0. The van der Waals surface area contributed by atoms with E-state index in [1.807, 2.05) is 24.8 Å². The molecular weight excluding hydrogens is 326 g/mol. The molecule has 2 N–H and O–H groups in total. The minimum absolute atomic E-state index is 0.798. The van der Waals surface area contributed by atoms with Crippen molar-refractivity contribution < 1.29 is 4.74 Å². The van der Waals surface area contributed by atoms with Crippen molar-refractivity contribution >= 4 is 16.7 Å². The quantitative estimate of drug-likeness (QED) is 0.597. The zero-order valence-corrected chi connectivity index (χ0v) is 14.3. The maximum atomic E-state index is 5.43. The van der Waals surface area contributed by atoms with Gasteiger partial charge >= 0.3 is 0 Å². The van der Waals surface area contributed by atoms with Crippen molar-refractivity contribution in [2.45, 2.75) is 0 Å². The van der Waals surface area contributed by atoms with Crippen LogP contribution in [0, 0.1) is 0 Å². The van der Waals surface area contributed by atoms with E-state index in [9.17, 15) is 0 Å². The van der Waals surface area contributed by atoms with Crippen molar-refractivity contribution in [1.82, 2.24) is 20.2 Å². The van der Waals surface area contributed by atoms with Gasteiger partial charge in [0.2, 0.25) is 0 Å². The Hall–Kier alpha value is -3.12. The highest BCUT2D eigenvalue weighted by molar-refractivity contribution is 5.95. The highest BCUT2D eigenvalue weighted by atomic mass is 16.5. The molecule has 0 atom stereocenters. The first-order valence-corrected chi connectivity index (χ1v) is 8.78. The van der Waals surface area contributed by atoms with Gasteiger partial charge < -0.3 is 14.6 Å². The molecule has 4 heterocycles. The maximum Gasteiger partial charge on any atom is 0.137 e. The van der Waals surface area contributed by atoms with Crippen molar-refractivity contribution in [3.8, 4) is 22.3 Å². The Balaban J connectivity index is 1.49. The molecule has 6 nitrogen and oxygen atoms in total. The zero-order valence-electron chi connectivity index (χ0n) is 14.3. The lowest BCUT2D eigenvalue weighted by atomic mass is 10.0. The number of hydrogen-bond donors (Lipinski definition) is 2. The summed E-state index contributed by atoms with van der Waals surface area (Å²) in [4.78, 5) is 10.2. The molecule has 130 valence electrons. The Morgan fingerprint density at radius 2 is 1.77 bits per heavy atom. The molecule has 0 aliphatic carbocycles. The number of ether oxygens (including phenoxy) is 1. The number of hydrogen-bond acceptors (Lipinski definition) is 4. The second kappa shape index (κ2) is 6.31. The van der Waals surface area contributed by atoms with Crippen LogP contribution in [0.15, 0.2) is 55.1 Å². The Kier molecular flexibility index (Phi) is 3.68. The molecular formula is C20H19N5O. The molecule has 6 heteroatoms. The number of rotatable bonds is 3. The lowest BCUT2D eigenvalue weighted by Gasteiger charge is -2.28. The van der Waals surface area contributed by atoms with Crippen LogP contribution in [-0.2, 0) is 4.74 Å². The van der Waals surface area contributed by atoms with E-state index < -0.39 is 0 Å². The number of fused-ring (bicyclic) bond motifs is 1. The molecule has 5 rings (SSSR count). The fourth-order valence-corrected chi connectivity index (χ4v) is 3.48. The summed E-state index contributed by atoms with van der Waals surface area (Å²) in [6, 6.07) is 10.9. The standard InChI is InChI=1S/C20H19N5O/c1-3-17(25-5-7-26-8-6-25)4-2-14(1)15-9-18-19(16-11-23-24-12-16)13-22-20(18)21-10-15/h1-4,9-13H,5-8H2,(H,21,22)(H,23,24). The van der Waals surface area contributed by atoms with E-state index in [4.69, 9.17) is 4.74 Å². The van der Waals surface area contributed by atoms with Crippen LogP contribution >= 0.6 is 0 Å². The molecule has 1 fully saturated rings. The summed E-state index contributed by atoms with van der Waals surface area (Å²) in [5.74, 6) is 0. The lowest BCUT2D eigenvalue weighted by Crippen LogP contribution is -2.36. The summed E-state index contributed by atoms with van der Waals surface area (Å²) in [5.41, 5.74) is 6.55. The fourth-order valence-electron chi connectivity index (χ4n) is 3.48. The third-order valence-corrected chi connectivity index (χ3v) is 4.92. The molecule has 1 saturated heterocycles. The number of nitrogens with one attached hydrogen (secondary N) is 2. The summed E-state index contributed by atoms with van der Waals surface area (Å²) < 4.78 is 5.43. The maximum absolute atomic E-state index is 5.43. The van der Waals surface area contributed by atoms with Gasteiger partial charge in [0.15, 0.2) is 0 Å². The molecule has 0 unspecified atom stereocenters. The smallest absolute Gasteiger partial charge is 0.137 e. The van der Waals surface area contributed by atoms with Crippen molar-refractivity contribution in [2.75, 3.05) is 31.2 Å². The highest BCUT2D eigenvalue weighted by Gasteiger charge is 2.12. The third-order valence-electron chi connectivity index (χ3n) is 4.92. The average molecular weight is 345 g/mol. The van der Waals surface area contributed by atoms with Crippen LogP contribution in [0.5, 0.6) is 0 Å². The SMILES string of the molecule is c1cc(N2CCOCC2)ccc1-c1cnc2[nH]cc(-c3cn[nH]c3)c2c1. The number of nitrogens with zero attached hydrogens (tertiary/aromatic N) is 3. The van der Waals surface area contributed by atoms with Gasteiger partial charge in [0.1, 0.15) is 5.65 Å². The van der Waals surface area contributed by atoms with Gasteiger partial charge in [0.05, 0.1) is 19.4 Å². The second-order valence-electron chi connectivity index (χ2n) is 6.46. The van der Waals surface area contributed by atoms with Gasteiger partial charge in [-0.15, -0.1) is 0 Å². The van der Waals surface area contributed by atoms with Crippen molar-refractivity contribution in [3.63, 3.8) is 0 Å². The molecule has 1 aliphatic heterocycles. The molecule has 0 spiro atoms. The van der Waals surface area contributed by atoms with Crippen LogP contribution in [0.1, 0.15) is 0 Å². The van der Waals surface area contributed by atoms with E-state index >= 15 is 0 Å². The molecule has 3 aromatic heterocycles. The zero-order chi connectivity index (χ0) is 17.3. The predicted octanol–water partition coefficient (Wildman–Crippen LogP) is 3.46. The first-order valence-electron chi connectivity index (χ1n) is 8.78. The van der Waals surface area contributed by atoms with Crippen LogP contribution in [0.2, 0.25) is 0 Å². The van der Waals surface area contributed by atoms with Crippen LogP contribution in [0.25, 0.3) is 33.3 Å². The predicted molar refractivity (Wildman–Crippen MR) is 102 cm³/mol. The number of aromatic nitrogens is 4. The van der Waals surface area contributed by atoms with Crippen LogP contribution in [-0.4, -0.2) is 46.5 Å². The van der Waals surface area contributed by atoms with Crippen molar-refractivity contribution in [3.05, 3.63) is 55.1 Å². The number of benzene rings is 1. The lowest BCUT2D eigenvalue weighted by molar-refractivity contribution is 0.122. The van der Waals surface area contributed by atoms with E-state index in [0.29, 0.717) is 0 Å². The van der Waals surface area contributed by atoms with E-state index in [0.717, 1.165) is 59.6 Å². The van der Waals surface area contributed by atoms with Gasteiger partial charge in [-0.3, -0.25) is 5.10 Å². The fraction of sp³-hybridized carbons (Fsp3) is 0.200. The Bertz CT molecular complexity index is 1010. The van der Waals surface area contributed by atoms with E-state index in [1.165, 1.54) is 5.69 Å². The average Bonchev–Trinajstić information content (AvgIpc) is 3.38. The van der Waals surface area contributed by atoms with Crippen LogP contribution in [0.3, 0.4) is 0 Å². The number of H-pyrrole nitrogens is 2. The Morgan fingerprint density at radius 3 is 2.54 bits per heavy atom. The van der Waals surface area contributed by atoms with Gasteiger partial charge in [-0.25, -0.2) is 4.98 Å². The Labute approximate surface area is 150 Å². The van der Waals surface area contributed by atoms with E-state index in [2.05, 4.69) is 55.4 Å². The minimum Gasteiger partial charge on any atom is -0.378 e. The van der Waals surface area contributed by atoms with Gasteiger partial charge in [-0.1, -0.05) is 12.1 Å². The normalized spacial score (nSPS) is 14.8. The van der Waals surface area contributed by atoms with Gasteiger partial charge in [0.25, 0.3) is 0 Å². The van der Waals surface area contributed by atoms with Gasteiger partial charge in [-0.05, 0) is 23.8 Å². The molecule has 1 aromatic carbocycles. The van der Waals surface area contributed by atoms with E-state index in [1.54, 1.807) is 0 Å². The van der Waals surface area contributed by atoms with Gasteiger partial charge in [-0.2, -0.15) is 5.10 Å². The number of anilines is 1. The number of aromatic amines is 2. The van der Waals surface area contributed by atoms with Crippen molar-refractivity contribution in [2.24, 2.45) is 0 Å². The summed E-state index contributed by atoms with van der Waals surface area (Å²) in [7, 11) is 0. The Morgan fingerprint density at radius 1 is 0.923 bits per heavy atom. The first kappa shape index (κ1) is 15.2. The number of morpholine rings is 1. The van der Waals surface area contributed by atoms with Gasteiger partial charge in [0, 0.05) is 59.4 Å². The van der Waals surface area contributed by atoms with Crippen LogP contribution < -0.4 is 4.90 Å². The molecule has 4 aromatic rings. The topological polar surface area (TPSA) is 69.8 Å². The molecule has 0 radical (unpaired) electrons. The second-order valence-corrected chi connectivity index (χ2v) is 6.46. The largest absolute Gasteiger partial charge is 0.378 e. The molecule has 0 amide bonds. The molecule has 1 aliphatic rings. The first-order chi connectivity index (χ1) is 12.9. The third kappa shape index (κ3) is 2.64. The molecule has 26 heavy (non-hydrogen) atoms.